The van der Waals surface area contributed by atoms with Crippen LogP contribution in [0.5, 0.6) is 0 Å². The number of aryl methyl sites for hydroxylation is 2. The third-order valence-corrected chi connectivity index (χ3v) is 6.96. The molecule has 4 fully saturated rings. The van der Waals surface area contributed by atoms with E-state index in [2.05, 4.69) is 50.4 Å². The van der Waals surface area contributed by atoms with Crippen molar-refractivity contribution in [1.29, 1.82) is 0 Å². The van der Waals surface area contributed by atoms with Gasteiger partial charge in [-0.05, 0) is 12.5 Å². The number of rotatable bonds is 5. The van der Waals surface area contributed by atoms with Crippen molar-refractivity contribution >= 4 is 5.91 Å². The molecule has 6 nitrogen and oxygen atoms in total. The Kier molecular flexibility index (Phi) is 4.48. The van der Waals surface area contributed by atoms with Gasteiger partial charge in [0.05, 0.1) is 0 Å². The molecule has 2 aromatic rings. The predicted octanol–water partition coefficient (Wildman–Crippen LogP) is 1.27. The van der Waals surface area contributed by atoms with Crippen molar-refractivity contribution in [2.45, 2.75) is 31.3 Å². The van der Waals surface area contributed by atoms with E-state index < -0.39 is 0 Å². The summed E-state index contributed by atoms with van der Waals surface area (Å²) in [5.74, 6) is 1.61. The largest absolute Gasteiger partial charge is 0.352 e. The van der Waals surface area contributed by atoms with Crippen molar-refractivity contribution in [3.63, 3.8) is 0 Å². The number of nitrogens with one attached hydrogen (secondary N) is 1. The SMILES string of the molecule is Cc1nccn1CCC(=O)N[C@H]1C2CN3CCN(C2)CC1(c1ccccc1)C3. The molecule has 0 aliphatic carbocycles. The lowest BCUT2D eigenvalue weighted by molar-refractivity contribution is -0.124. The first-order chi connectivity index (χ1) is 13.6. The molecule has 4 aliphatic heterocycles. The average Bonchev–Trinajstić information content (AvgIpc) is 2.94. The Balaban J connectivity index is 1.39. The minimum absolute atomic E-state index is 0.0144. The Morgan fingerprint density at radius 1 is 1.18 bits per heavy atom. The number of hydrogen-bond donors (Lipinski definition) is 1. The van der Waals surface area contributed by atoms with E-state index in [0.29, 0.717) is 18.9 Å². The van der Waals surface area contributed by atoms with Crippen LogP contribution >= 0.6 is 0 Å². The van der Waals surface area contributed by atoms with E-state index >= 15 is 0 Å². The first-order valence-electron chi connectivity index (χ1n) is 10.4. The van der Waals surface area contributed by atoms with Crippen molar-refractivity contribution in [1.82, 2.24) is 24.7 Å². The summed E-state index contributed by atoms with van der Waals surface area (Å²) in [5, 5.41) is 3.48. The van der Waals surface area contributed by atoms with Gasteiger partial charge >= 0.3 is 0 Å². The van der Waals surface area contributed by atoms with E-state index in [-0.39, 0.29) is 17.4 Å². The average molecular weight is 380 g/mol. The smallest absolute Gasteiger partial charge is 0.222 e. The van der Waals surface area contributed by atoms with Crippen LogP contribution in [0.1, 0.15) is 17.8 Å². The molecule has 0 spiro atoms. The number of carbonyl (C=O) groups excluding carboxylic acids is 1. The fraction of sp³-hybridized carbons (Fsp3) is 0.545. The fourth-order valence-electron chi connectivity index (χ4n) is 5.68. The highest BCUT2D eigenvalue weighted by molar-refractivity contribution is 5.76. The van der Waals surface area contributed by atoms with Crippen LogP contribution in [0.3, 0.4) is 0 Å². The van der Waals surface area contributed by atoms with Gasteiger partial charge in [0.25, 0.3) is 0 Å². The van der Waals surface area contributed by atoms with Gasteiger partial charge in [0.2, 0.25) is 5.91 Å². The zero-order valence-electron chi connectivity index (χ0n) is 16.6. The number of nitrogens with zero attached hydrogens (tertiary/aromatic N) is 4. The Morgan fingerprint density at radius 2 is 1.89 bits per heavy atom. The lowest BCUT2D eigenvalue weighted by Crippen LogP contribution is -2.70. The minimum atomic E-state index is -0.0144. The van der Waals surface area contributed by atoms with Gasteiger partial charge in [0.1, 0.15) is 5.82 Å². The van der Waals surface area contributed by atoms with E-state index in [1.807, 2.05) is 17.7 Å². The molecule has 5 heterocycles. The van der Waals surface area contributed by atoms with Crippen LogP contribution in [0.2, 0.25) is 0 Å². The summed E-state index contributed by atoms with van der Waals surface area (Å²) < 4.78 is 2.05. The standard InChI is InChI=1S/C22H29N5O/c1-17-23-8-10-27(17)9-7-20(28)24-21-18-13-25-11-12-26(14-18)16-22(21,15-25)19-5-3-2-4-6-19/h2-6,8,10,18,21H,7,9,11-16H2,1H3,(H,24,28)/t18?,21-,22?/m0/s1. The highest BCUT2D eigenvalue weighted by atomic mass is 16.1. The van der Waals surface area contributed by atoms with Gasteiger partial charge < -0.3 is 19.7 Å². The predicted molar refractivity (Wildman–Crippen MR) is 108 cm³/mol. The molecule has 1 N–H and O–H groups in total. The number of hydrogen-bond acceptors (Lipinski definition) is 4. The second-order valence-corrected chi connectivity index (χ2v) is 8.72. The van der Waals surface area contributed by atoms with Crippen LogP contribution in [0.4, 0.5) is 0 Å². The molecule has 2 unspecified atom stereocenters. The van der Waals surface area contributed by atoms with E-state index in [9.17, 15) is 4.79 Å². The Labute approximate surface area is 166 Å². The van der Waals surface area contributed by atoms with Crippen molar-refractivity contribution in [2.24, 2.45) is 5.92 Å². The summed E-state index contributed by atoms with van der Waals surface area (Å²) in [5.41, 5.74) is 1.35. The molecule has 1 amide bonds. The van der Waals surface area contributed by atoms with Crippen LogP contribution < -0.4 is 5.32 Å². The normalized spacial score (nSPS) is 33.6. The molecule has 4 bridgehead atoms. The topological polar surface area (TPSA) is 53.4 Å². The molecule has 6 heteroatoms. The monoisotopic (exact) mass is 379 g/mol. The zero-order valence-corrected chi connectivity index (χ0v) is 16.6. The van der Waals surface area contributed by atoms with Crippen molar-refractivity contribution in [2.75, 3.05) is 39.3 Å². The molecular formula is C22H29N5O. The number of amides is 1. The number of piperidine rings is 2. The van der Waals surface area contributed by atoms with Crippen LogP contribution in [0, 0.1) is 12.8 Å². The number of fused-ring (bicyclic) bond motifs is 1. The third-order valence-electron chi connectivity index (χ3n) is 6.96. The fourth-order valence-corrected chi connectivity index (χ4v) is 5.68. The van der Waals surface area contributed by atoms with E-state index in [0.717, 1.165) is 45.1 Å². The quantitative estimate of drug-likeness (QED) is 0.850. The Hall–Kier alpha value is -2.18. The van der Waals surface area contributed by atoms with E-state index in [4.69, 9.17) is 0 Å². The van der Waals surface area contributed by atoms with E-state index in [1.54, 1.807) is 6.20 Å². The van der Waals surface area contributed by atoms with Gasteiger partial charge in [0.15, 0.2) is 0 Å². The van der Waals surface area contributed by atoms with Crippen LogP contribution in [0.25, 0.3) is 0 Å². The van der Waals surface area contributed by atoms with Crippen molar-refractivity contribution in [3.8, 4) is 0 Å². The minimum Gasteiger partial charge on any atom is -0.352 e. The summed E-state index contributed by atoms with van der Waals surface area (Å²) in [7, 11) is 0. The summed E-state index contributed by atoms with van der Waals surface area (Å²) in [6.07, 6.45) is 4.24. The molecule has 6 rings (SSSR count). The van der Waals surface area contributed by atoms with Gasteiger partial charge in [0, 0.05) is 82.0 Å². The second-order valence-electron chi connectivity index (χ2n) is 8.72. The van der Waals surface area contributed by atoms with Gasteiger partial charge in [-0.3, -0.25) is 4.79 Å². The van der Waals surface area contributed by atoms with Gasteiger partial charge in [-0.1, -0.05) is 30.3 Å². The first kappa shape index (κ1) is 17.9. The highest BCUT2D eigenvalue weighted by Gasteiger charge is 2.55. The van der Waals surface area contributed by atoms with Crippen molar-refractivity contribution in [3.05, 3.63) is 54.1 Å². The number of aromatic nitrogens is 2. The Morgan fingerprint density at radius 3 is 2.54 bits per heavy atom. The second kappa shape index (κ2) is 7.01. The molecule has 1 aromatic carbocycles. The molecule has 0 radical (unpaired) electrons. The Bertz CT molecular complexity index is 832. The molecule has 4 aliphatic rings. The third kappa shape index (κ3) is 3.05. The van der Waals surface area contributed by atoms with Gasteiger partial charge in [-0.2, -0.15) is 0 Å². The summed E-state index contributed by atoms with van der Waals surface area (Å²) in [4.78, 5) is 22.4. The van der Waals surface area contributed by atoms with Gasteiger partial charge in [-0.15, -0.1) is 0 Å². The summed E-state index contributed by atoms with van der Waals surface area (Å²) >= 11 is 0. The summed E-state index contributed by atoms with van der Waals surface area (Å²) in [6, 6.07) is 11.1. The summed E-state index contributed by atoms with van der Waals surface area (Å²) in [6.45, 7) is 9.22. The van der Waals surface area contributed by atoms with Gasteiger partial charge in [-0.25, -0.2) is 4.98 Å². The maximum Gasteiger partial charge on any atom is 0.222 e. The van der Waals surface area contributed by atoms with Crippen LogP contribution in [-0.4, -0.2) is 70.6 Å². The lowest BCUT2D eigenvalue weighted by Gasteiger charge is -2.55. The molecule has 0 saturated carbocycles. The maximum absolute atomic E-state index is 12.9. The number of carbonyl (C=O) groups is 1. The number of imidazole rings is 1. The lowest BCUT2D eigenvalue weighted by atomic mass is 9.64. The first-order valence-corrected chi connectivity index (χ1v) is 10.4. The molecular weight excluding hydrogens is 350 g/mol. The van der Waals surface area contributed by atoms with Crippen molar-refractivity contribution < 1.29 is 4.79 Å². The maximum atomic E-state index is 12.9. The molecule has 148 valence electrons. The molecule has 28 heavy (non-hydrogen) atoms. The zero-order chi connectivity index (χ0) is 19.1. The molecule has 3 atom stereocenters. The highest BCUT2D eigenvalue weighted by Crippen LogP contribution is 2.43. The van der Waals surface area contributed by atoms with Crippen LogP contribution in [-0.2, 0) is 16.8 Å². The molecule has 1 aromatic heterocycles. The van der Waals surface area contributed by atoms with Crippen LogP contribution in [0.15, 0.2) is 42.7 Å². The number of benzene rings is 1. The molecule has 4 saturated heterocycles. The van der Waals surface area contributed by atoms with E-state index in [1.165, 1.54) is 5.56 Å².